The van der Waals surface area contributed by atoms with Gasteiger partial charge in [0.2, 0.25) is 0 Å². The molecule has 0 radical (unpaired) electrons. The summed E-state index contributed by atoms with van der Waals surface area (Å²) in [5.74, 6) is 0.794. The zero-order valence-electron chi connectivity index (χ0n) is 23.9. The zero-order chi connectivity index (χ0) is 28.6. The van der Waals surface area contributed by atoms with E-state index in [0.29, 0.717) is 4.99 Å². The molecule has 1 aliphatic rings. The van der Waals surface area contributed by atoms with Crippen molar-refractivity contribution in [2.75, 3.05) is 12.4 Å². The summed E-state index contributed by atoms with van der Waals surface area (Å²) in [6, 6.07) is 36.3. The summed E-state index contributed by atoms with van der Waals surface area (Å²) in [7, 11) is 1.69. The van der Waals surface area contributed by atoms with E-state index in [1.807, 2.05) is 24.3 Å². The van der Waals surface area contributed by atoms with Crippen LogP contribution in [0.5, 0.6) is 5.75 Å². The van der Waals surface area contributed by atoms with Crippen LogP contribution in [0.4, 0.5) is 5.69 Å². The van der Waals surface area contributed by atoms with Crippen LogP contribution in [0.1, 0.15) is 29.7 Å². The second kappa shape index (κ2) is 11.0. The summed E-state index contributed by atoms with van der Waals surface area (Å²) in [4.78, 5) is 0.694. The summed E-state index contributed by atoms with van der Waals surface area (Å²) in [6.07, 6.45) is 5.58. The molecule has 6 aromatic rings. The number of anilines is 1. The molecule has 1 N–H and O–H groups in total. The van der Waals surface area contributed by atoms with Crippen molar-refractivity contribution in [3.63, 3.8) is 0 Å². The minimum atomic E-state index is 0.694. The standard InChI is InChI=1S/C37H33N3OS/c1-25-14-16-28(17-15-25)33-24-40-35(36(42)38-30-11-8-12-31(23-30)41-2)34(32-13-6-7-22-39(33)37(32)40)29-20-18-27(19-21-29)26-9-4-3-5-10-26/h3-5,8-12,14-21,23-24H,6-7,13,22H2,1-2H3,(H,38,42). The first kappa shape index (κ1) is 26.3. The van der Waals surface area contributed by atoms with Crippen LogP contribution in [-0.2, 0) is 13.0 Å². The highest BCUT2D eigenvalue weighted by atomic mass is 32.1. The van der Waals surface area contributed by atoms with Crippen molar-refractivity contribution in [3.05, 3.63) is 126 Å². The van der Waals surface area contributed by atoms with Gasteiger partial charge in [0, 0.05) is 35.6 Å². The van der Waals surface area contributed by atoms with Gasteiger partial charge >= 0.3 is 0 Å². The number of ether oxygens (including phenoxy) is 1. The van der Waals surface area contributed by atoms with Crippen molar-refractivity contribution in [2.45, 2.75) is 32.7 Å². The van der Waals surface area contributed by atoms with Crippen LogP contribution in [0.15, 0.2) is 109 Å². The molecule has 5 heteroatoms. The number of aryl methyl sites for hydroxylation is 3. The maximum atomic E-state index is 6.22. The second-order valence-electron chi connectivity index (χ2n) is 11.0. The highest BCUT2D eigenvalue weighted by Crippen LogP contribution is 2.40. The molecule has 0 bridgehead atoms. The van der Waals surface area contributed by atoms with Gasteiger partial charge in [-0.2, -0.15) is 0 Å². The Morgan fingerprint density at radius 2 is 1.50 bits per heavy atom. The average Bonchev–Trinajstić information content (AvgIpc) is 3.45. The molecule has 1 aliphatic heterocycles. The van der Waals surface area contributed by atoms with Crippen molar-refractivity contribution < 1.29 is 4.74 Å². The normalized spacial score (nSPS) is 12.7. The van der Waals surface area contributed by atoms with Gasteiger partial charge in [0.05, 0.1) is 18.5 Å². The Morgan fingerprint density at radius 3 is 2.26 bits per heavy atom. The molecule has 0 spiro atoms. The SMILES string of the molecule is COc1cccc(NC(=S)c2c(-c3ccc(-c4ccccc4)cc3)c3c4n(c(-c5ccc(C)cc5)cn24)CCCC3)c1. The van der Waals surface area contributed by atoms with E-state index in [0.717, 1.165) is 42.9 Å². The van der Waals surface area contributed by atoms with Gasteiger partial charge in [0.25, 0.3) is 0 Å². The number of hydrogen-bond donors (Lipinski definition) is 1. The van der Waals surface area contributed by atoms with Gasteiger partial charge in [0.15, 0.2) is 0 Å². The topological polar surface area (TPSA) is 30.6 Å². The smallest absolute Gasteiger partial charge is 0.128 e. The Hall–Kier alpha value is -4.61. The number of methoxy groups -OCH3 is 1. The molecule has 0 atom stereocenters. The monoisotopic (exact) mass is 567 g/mol. The number of aromatic nitrogens is 2. The quantitative estimate of drug-likeness (QED) is 0.204. The number of rotatable bonds is 6. The molecular weight excluding hydrogens is 534 g/mol. The molecule has 2 aromatic heterocycles. The molecule has 0 fully saturated rings. The third-order valence-electron chi connectivity index (χ3n) is 8.30. The highest BCUT2D eigenvalue weighted by Gasteiger charge is 2.28. The van der Waals surface area contributed by atoms with E-state index in [1.165, 1.54) is 50.3 Å². The Balaban J connectivity index is 1.42. The van der Waals surface area contributed by atoms with E-state index >= 15 is 0 Å². The molecule has 0 saturated heterocycles. The molecule has 0 unspecified atom stereocenters. The fourth-order valence-electron chi connectivity index (χ4n) is 6.23. The Morgan fingerprint density at radius 1 is 0.786 bits per heavy atom. The number of imidazole rings is 1. The van der Waals surface area contributed by atoms with Crippen LogP contribution in [0.25, 0.3) is 39.2 Å². The van der Waals surface area contributed by atoms with E-state index in [-0.39, 0.29) is 0 Å². The number of nitrogens with zero attached hydrogens (tertiary/aromatic N) is 2. The van der Waals surface area contributed by atoms with Gasteiger partial charge in [-0.15, -0.1) is 0 Å². The van der Waals surface area contributed by atoms with Gasteiger partial charge in [-0.05, 0) is 60.6 Å². The van der Waals surface area contributed by atoms with Crippen molar-refractivity contribution in [3.8, 4) is 39.3 Å². The van der Waals surface area contributed by atoms with Crippen molar-refractivity contribution in [1.82, 2.24) is 8.97 Å². The predicted octanol–water partition coefficient (Wildman–Crippen LogP) is 9.18. The first-order valence-corrected chi connectivity index (χ1v) is 15.0. The van der Waals surface area contributed by atoms with Crippen LogP contribution in [0, 0.1) is 6.92 Å². The van der Waals surface area contributed by atoms with Crippen molar-refractivity contribution in [2.24, 2.45) is 0 Å². The zero-order valence-corrected chi connectivity index (χ0v) is 24.7. The van der Waals surface area contributed by atoms with Gasteiger partial charge in [0.1, 0.15) is 16.4 Å². The van der Waals surface area contributed by atoms with Crippen molar-refractivity contribution >= 4 is 28.5 Å². The number of nitrogens with one attached hydrogen (secondary N) is 1. The minimum absolute atomic E-state index is 0.694. The second-order valence-corrected chi connectivity index (χ2v) is 11.4. The van der Waals surface area contributed by atoms with Crippen LogP contribution in [0.3, 0.4) is 0 Å². The molecule has 4 nitrogen and oxygen atoms in total. The molecule has 0 aliphatic carbocycles. The maximum Gasteiger partial charge on any atom is 0.128 e. The largest absolute Gasteiger partial charge is 0.497 e. The maximum absolute atomic E-state index is 6.22. The number of hydrogen-bond acceptors (Lipinski definition) is 2. The fourth-order valence-corrected chi connectivity index (χ4v) is 6.54. The van der Waals surface area contributed by atoms with E-state index in [9.17, 15) is 0 Å². The lowest BCUT2D eigenvalue weighted by Gasteiger charge is -2.13. The highest BCUT2D eigenvalue weighted by molar-refractivity contribution is 7.81. The van der Waals surface area contributed by atoms with E-state index in [1.54, 1.807) is 7.11 Å². The molecular formula is C37H33N3OS. The van der Waals surface area contributed by atoms with E-state index in [4.69, 9.17) is 17.0 Å². The average molecular weight is 568 g/mol. The van der Waals surface area contributed by atoms with Crippen LogP contribution >= 0.6 is 12.2 Å². The predicted molar refractivity (Wildman–Crippen MR) is 178 cm³/mol. The molecule has 42 heavy (non-hydrogen) atoms. The molecule has 4 aromatic carbocycles. The van der Waals surface area contributed by atoms with Gasteiger partial charge in [-0.3, -0.25) is 4.40 Å². The van der Waals surface area contributed by atoms with Crippen molar-refractivity contribution in [1.29, 1.82) is 0 Å². The molecule has 208 valence electrons. The lowest BCUT2D eigenvalue weighted by molar-refractivity contribution is 0.415. The number of benzene rings is 4. The Kier molecular flexibility index (Phi) is 6.88. The Labute approximate surface area is 252 Å². The summed E-state index contributed by atoms with van der Waals surface area (Å²) in [5, 5.41) is 3.54. The molecule has 3 heterocycles. The summed E-state index contributed by atoms with van der Waals surface area (Å²) >= 11 is 6.22. The molecule has 0 saturated carbocycles. The molecule has 7 rings (SSSR count). The van der Waals surface area contributed by atoms with E-state index < -0.39 is 0 Å². The lowest BCUT2D eigenvalue weighted by Crippen LogP contribution is -2.14. The Bertz CT molecular complexity index is 1900. The fraction of sp³-hybridized carbons (Fsp3) is 0.162. The first-order valence-electron chi connectivity index (χ1n) is 14.6. The van der Waals surface area contributed by atoms with Crippen LogP contribution in [-0.4, -0.2) is 21.1 Å². The summed E-state index contributed by atoms with van der Waals surface area (Å²) in [6.45, 7) is 3.12. The van der Waals surface area contributed by atoms with Gasteiger partial charge < -0.3 is 14.6 Å². The number of thiocarbonyl (C=S) groups is 1. The van der Waals surface area contributed by atoms with Crippen LogP contribution in [0.2, 0.25) is 0 Å². The molecule has 0 amide bonds. The third kappa shape index (κ3) is 4.70. The third-order valence-corrected chi connectivity index (χ3v) is 8.60. The summed E-state index contributed by atoms with van der Waals surface area (Å²) < 4.78 is 10.3. The first-order chi connectivity index (χ1) is 20.6. The lowest BCUT2D eigenvalue weighted by atomic mass is 9.95. The summed E-state index contributed by atoms with van der Waals surface area (Å²) in [5.41, 5.74) is 13.1. The van der Waals surface area contributed by atoms with Gasteiger partial charge in [-0.1, -0.05) is 103 Å². The van der Waals surface area contributed by atoms with Gasteiger partial charge in [-0.25, -0.2) is 0 Å². The minimum Gasteiger partial charge on any atom is -0.497 e. The van der Waals surface area contributed by atoms with Crippen LogP contribution < -0.4 is 10.1 Å². The van der Waals surface area contributed by atoms with E-state index in [2.05, 4.69) is 106 Å².